The van der Waals surface area contributed by atoms with Gasteiger partial charge in [-0.05, 0) is 12.1 Å². The van der Waals surface area contributed by atoms with E-state index < -0.39 is 40.4 Å². The molecule has 2 aromatic carbocycles. The molecule has 0 aliphatic heterocycles. The van der Waals surface area contributed by atoms with Crippen LogP contribution < -0.4 is 20.3 Å². The maximum Gasteiger partial charge on any atom is 0.371 e. The highest BCUT2D eigenvalue weighted by atomic mass is 35.5. The Morgan fingerprint density at radius 2 is 1.14 bits per heavy atom. The van der Waals surface area contributed by atoms with Gasteiger partial charge in [0.05, 0.1) is 20.8 Å². The third-order valence-corrected chi connectivity index (χ3v) is 5.44. The summed E-state index contributed by atoms with van der Waals surface area (Å²) in [5.74, 6) is -3.95. The summed E-state index contributed by atoms with van der Waals surface area (Å²) in [5.41, 5.74) is -1.35. The van der Waals surface area contributed by atoms with Crippen molar-refractivity contribution in [1.82, 2.24) is 0 Å². The van der Waals surface area contributed by atoms with Crippen molar-refractivity contribution in [2.24, 2.45) is 0 Å². The number of hydrogen-bond acceptors (Lipinski definition) is 9. The van der Waals surface area contributed by atoms with E-state index in [4.69, 9.17) is 51.7 Å². The van der Waals surface area contributed by atoms with Gasteiger partial charge in [0.15, 0.2) is 10.9 Å². The number of carbonyl (C=O) groups is 2. The van der Waals surface area contributed by atoms with Crippen molar-refractivity contribution in [1.29, 1.82) is 0 Å². The van der Waals surface area contributed by atoms with E-state index in [1.807, 2.05) is 0 Å². The van der Waals surface area contributed by atoms with E-state index in [1.54, 1.807) is 0 Å². The molecule has 0 saturated heterocycles. The third-order valence-electron chi connectivity index (χ3n) is 4.85. The van der Waals surface area contributed by atoms with Crippen LogP contribution in [0.4, 0.5) is 0 Å². The molecule has 2 aromatic heterocycles. The van der Waals surface area contributed by atoms with Gasteiger partial charge in [-0.25, -0.2) is 9.59 Å². The van der Waals surface area contributed by atoms with Crippen LogP contribution in [0.15, 0.2) is 54.8 Å². The summed E-state index contributed by atoms with van der Waals surface area (Å²) in [6.07, 6.45) is -1.22. The molecule has 0 unspecified atom stereocenters. The van der Waals surface area contributed by atoms with Crippen LogP contribution in [0.25, 0.3) is 21.9 Å². The number of aliphatic hydroxyl groups excluding tert-OH is 1. The molecule has 0 spiro atoms. The number of benzene rings is 2. The molecule has 36 heavy (non-hydrogen) atoms. The Balaban J connectivity index is 1.48. The fourth-order valence-electron chi connectivity index (χ4n) is 3.17. The lowest BCUT2D eigenvalue weighted by Gasteiger charge is -2.15. The number of halogens is 2. The second kappa shape index (κ2) is 9.90. The summed E-state index contributed by atoms with van der Waals surface area (Å²) in [6.45, 7) is -0.672. The molecular formula is C23H14Cl2O11. The zero-order valence-corrected chi connectivity index (χ0v) is 19.3. The molecule has 3 N–H and O–H groups in total. The number of aromatic carboxylic acids is 2. The van der Waals surface area contributed by atoms with Crippen LogP contribution in [0, 0.1) is 0 Å². The highest BCUT2D eigenvalue weighted by Crippen LogP contribution is 2.31. The van der Waals surface area contributed by atoms with Crippen LogP contribution in [0.5, 0.6) is 11.5 Å². The second-order valence-electron chi connectivity index (χ2n) is 7.39. The predicted molar refractivity (Wildman–Crippen MR) is 126 cm³/mol. The first-order chi connectivity index (χ1) is 17.0. The topological polar surface area (TPSA) is 174 Å². The predicted octanol–water partition coefficient (Wildman–Crippen LogP) is 3.42. The van der Waals surface area contributed by atoms with Gasteiger partial charge in [0, 0.05) is 24.3 Å². The summed E-state index contributed by atoms with van der Waals surface area (Å²) in [6, 6.07) is 6.60. The minimum Gasteiger partial charge on any atom is -0.489 e. The number of rotatable bonds is 8. The second-order valence-corrected chi connectivity index (χ2v) is 8.21. The molecule has 0 amide bonds. The Labute approximate surface area is 209 Å². The van der Waals surface area contributed by atoms with Crippen LogP contribution in [0.2, 0.25) is 10.0 Å². The molecule has 4 rings (SSSR count). The molecule has 13 heteroatoms. The monoisotopic (exact) mass is 536 g/mol. The lowest BCUT2D eigenvalue weighted by molar-refractivity contribution is 0.0627. The van der Waals surface area contributed by atoms with Gasteiger partial charge in [-0.1, -0.05) is 23.2 Å². The number of ether oxygens (including phenoxy) is 2. The maximum absolute atomic E-state index is 12.1. The lowest BCUT2D eigenvalue weighted by atomic mass is 10.2. The van der Waals surface area contributed by atoms with Gasteiger partial charge < -0.3 is 33.6 Å². The molecule has 0 atom stereocenters. The van der Waals surface area contributed by atoms with E-state index in [1.165, 1.54) is 24.3 Å². The number of hydrogen-bond donors (Lipinski definition) is 3. The number of carboxylic acid groups (broad SMARTS) is 2. The molecule has 0 aliphatic carbocycles. The molecule has 0 saturated carbocycles. The van der Waals surface area contributed by atoms with Crippen LogP contribution in [0.3, 0.4) is 0 Å². The quantitative estimate of drug-likeness (QED) is 0.301. The van der Waals surface area contributed by atoms with Gasteiger partial charge in [0.2, 0.25) is 11.5 Å². The van der Waals surface area contributed by atoms with Crippen molar-refractivity contribution in [3.8, 4) is 11.5 Å². The molecule has 0 radical (unpaired) electrons. The fraction of sp³-hybridized carbons (Fsp3) is 0.130. The Morgan fingerprint density at radius 1 is 0.750 bits per heavy atom. The zero-order chi connectivity index (χ0) is 26.1. The molecule has 186 valence electrons. The van der Waals surface area contributed by atoms with Gasteiger partial charge in [-0.15, -0.1) is 0 Å². The molecule has 0 bridgehead atoms. The van der Waals surface area contributed by atoms with E-state index in [9.17, 15) is 24.3 Å². The molecule has 4 aromatic rings. The third kappa shape index (κ3) is 5.13. The summed E-state index contributed by atoms with van der Waals surface area (Å²) < 4.78 is 21.3. The normalized spacial score (nSPS) is 11.2. The number of fused-ring (bicyclic) bond motifs is 2. The van der Waals surface area contributed by atoms with Crippen LogP contribution >= 0.6 is 23.2 Å². The summed E-state index contributed by atoms with van der Waals surface area (Å²) in [4.78, 5) is 46.4. The maximum atomic E-state index is 12.1. The Morgan fingerprint density at radius 3 is 1.50 bits per heavy atom. The van der Waals surface area contributed by atoms with Crippen molar-refractivity contribution in [3.05, 3.63) is 78.4 Å². The molecule has 2 heterocycles. The van der Waals surface area contributed by atoms with Crippen molar-refractivity contribution < 1.29 is 43.2 Å². The largest absolute Gasteiger partial charge is 0.489 e. The zero-order valence-electron chi connectivity index (χ0n) is 17.8. The smallest absolute Gasteiger partial charge is 0.371 e. The highest BCUT2D eigenvalue weighted by Gasteiger charge is 2.17. The molecular weight excluding hydrogens is 523 g/mol. The Kier molecular flexibility index (Phi) is 6.88. The van der Waals surface area contributed by atoms with Crippen molar-refractivity contribution in [3.63, 3.8) is 0 Å². The SMILES string of the molecule is O=C(O)c1cc(=O)c2cc(Cl)c(OCC(O)COc3cc4oc(C(=O)O)cc(=O)c4cc3Cl)cc2o1. The van der Waals surface area contributed by atoms with E-state index in [2.05, 4.69) is 0 Å². The average Bonchev–Trinajstić information content (AvgIpc) is 2.82. The fourth-order valence-corrected chi connectivity index (χ4v) is 3.60. The number of aliphatic hydroxyl groups is 1. The van der Waals surface area contributed by atoms with E-state index in [0.29, 0.717) is 0 Å². The highest BCUT2D eigenvalue weighted by molar-refractivity contribution is 6.33. The van der Waals surface area contributed by atoms with Gasteiger partial charge in [-0.3, -0.25) is 9.59 Å². The van der Waals surface area contributed by atoms with Gasteiger partial charge in [0.1, 0.15) is 42.0 Å². The molecule has 0 fully saturated rings. The first-order valence-electron chi connectivity index (χ1n) is 9.98. The van der Waals surface area contributed by atoms with Crippen LogP contribution in [0.1, 0.15) is 21.1 Å². The van der Waals surface area contributed by atoms with Crippen molar-refractivity contribution in [2.75, 3.05) is 13.2 Å². The summed E-state index contributed by atoms with van der Waals surface area (Å²) in [5, 5.41) is 28.5. The van der Waals surface area contributed by atoms with Crippen LogP contribution in [-0.4, -0.2) is 46.6 Å². The first kappa shape index (κ1) is 25.0. The Hall–Kier alpha value is -4.06. The van der Waals surface area contributed by atoms with Crippen LogP contribution in [-0.2, 0) is 0 Å². The number of carboxylic acids is 2. The lowest BCUT2D eigenvalue weighted by Crippen LogP contribution is -2.25. The van der Waals surface area contributed by atoms with Gasteiger partial charge in [-0.2, -0.15) is 0 Å². The minimum atomic E-state index is -1.43. The van der Waals surface area contributed by atoms with E-state index >= 15 is 0 Å². The summed E-state index contributed by atoms with van der Waals surface area (Å²) in [7, 11) is 0. The average molecular weight is 537 g/mol. The first-order valence-corrected chi connectivity index (χ1v) is 10.7. The van der Waals surface area contributed by atoms with Gasteiger partial charge >= 0.3 is 11.9 Å². The molecule has 0 aliphatic rings. The van der Waals surface area contributed by atoms with Crippen molar-refractivity contribution >= 4 is 57.1 Å². The minimum absolute atomic E-state index is 0.0145. The van der Waals surface area contributed by atoms with E-state index in [-0.39, 0.29) is 56.7 Å². The van der Waals surface area contributed by atoms with Crippen molar-refractivity contribution in [2.45, 2.75) is 6.10 Å². The summed E-state index contributed by atoms with van der Waals surface area (Å²) >= 11 is 12.3. The van der Waals surface area contributed by atoms with E-state index in [0.717, 1.165) is 12.1 Å². The molecule has 11 nitrogen and oxygen atoms in total. The standard InChI is InChI=1S/C23H14Cl2O11/c24-12-1-10-14(27)3-20(22(29)30)35-16(10)5-18(12)33-7-9(26)8-34-19-6-17-11(2-13(19)25)15(28)4-21(36-17)23(31)32/h1-6,9,26H,7-8H2,(H,29,30)(H,31,32). The van der Waals surface area contributed by atoms with Gasteiger partial charge in [0.25, 0.3) is 0 Å². The Bertz CT molecular complexity index is 1520.